The normalized spacial score (nSPS) is 10.4. The van der Waals surface area contributed by atoms with Crippen molar-refractivity contribution in [3.05, 3.63) is 54.1 Å². The first-order chi connectivity index (χ1) is 15.9. The Balaban J connectivity index is 1.47. The van der Waals surface area contributed by atoms with Crippen molar-refractivity contribution in [2.75, 3.05) is 29.5 Å². The van der Waals surface area contributed by atoms with Crippen LogP contribution < -0.4 is 20.7 Å². The van der Waals surface area contributed by atoms with E-state index in [-0.39, 0.29) is 30.1 Å². The Morgan fingerprint density at radius 3 is 2.27 bits per heavy atom. The average molecular weight is 470 g/mol. The SMILES string of the molecule is CCNC(=O)COc1ccc(NC(=O)c2ccc(NC(=O)CSc3nnnn3C)cc2)cc1. The first-order valence-corrected chi connectivity index (χ1v) is 11.0. The molecule has 0 fully saturated rings. The lowest BCUT2D eigenvalue weighted by molar-refractivity contribution is -0.123. The molecule has 0 bridgehead atoms. The number of nitrogens with one attached hydrogen (secondary N) is 3. The van der Waals surface area contributed by atoms with Gasteiger partial charge in [-0.15, -0.1) is 5.10 Å². The second kappa shape index (κ2) is 11.6. The number of hydrogen-bond acceptors (Lipinski definition) is 8. The molecule has 2 aromatic carbocycles. The van der Waals surface area contributed by atoms with Crippen LogP contribution in [0.3, 0.4) is 0 Å². The minimum atomic E-state index is -0.297. The molecule has 11 nitrogen and oxygen atoms in total. The maximum atomic E-state index is 12.5. The van der Waals surface area contributed by atoms with Crippen LogP contribution in [0.5, 0.6) is 5.75 Å². The molecular weight excluding hydrogens is 446 g/mol. The van der Waals surface area contributed by atoms with Crippen LogP contribution in [-0.4, -0.2) is 56.8 Å². The molecule has 0 saturated carbocycles. The number of likely N-dealkylation sites (N-methyl/N-ethyl adjacent to an activating group) is 1. The zero-order chi connectivity index (χ0) is 23.6. The lowest BCUT2D eigenvalue weighted by Crippen LogP contribution is -2.28. The smallest absolute Gasteiger partial charge is 0.257 e. The first-order valence-electron chi connectivity index (χ1n) is 10.0. The van der Waals surface area contributed by atoms with Crippen molar-refractivity contribution < 1.29 is 19.1 Å². The lowest BCUT2D eigenvalue weighted by Gasteiger charge is -2.09. The predicted octanol–water partition coefficient (Wildman–Crippen LogP) is 1.71. The van der Waals surface area contributed by atoms with E-state index in [1.54, 1.807) is 55.6 Å². The molecule has 33 heavy (non-hydrogen) atoms. The second-order valence-corrected chi connectivity index (χ2v) is 7.66. The maximum absolute atomic E-state index is 12.5. The van der Waals surface area contributed by atoms with Crippen molar-refractivity contribution >= 4 is 40.9 Å². The van der Waals surface area contributed by atoms with E-state index >= 15 is 0 Å². The van der Waals surface area contributed by atoms with Gasteiger partial charge in [0.1, 0.15) is 5.75 Å². The van der Waals surface area contributed by atoms with E-state index in [0.29, 0.717) is 34.4 Å². The molecule has 172 valence electrons. The van der Waals surface area contributed by atoms with Crippen LogP contribution in [-0.2, 0) is 16.6 Å². The minimum absolute atomic E-state index is 0.0709. The number of hydrogen-bond donors (Lipinski definition) is 3. The van der Waals surface area contributed by atoms with Gasteiger partial charge in [-0.2, -0.15) is 0 Å². The number of rotatable bonds is 10. The Kier molecular flexibility index (Phi) is 8.36. The zero-order valence-electron chi connectivity index (χ0n) is 18.1. The van der Waals surface area contributed by atoms with Gasteiger partial charge in [0.05, 0.1) is 5.75 Å². The molecule has 3 N–H and O–H groups in total. The van der Waals surface area contributed by atoms with E-state index in [9.17, 15) is 14.4 Å². The summed E-state index contributed by atoms with van der Waals surface area (Å²) < 4.78 is 6.87. The van der Waals surface area contributed by atoms with Crippen LogP contribution in [0.15, 0.2) is 53.7 Å². The third kappa shape index (κ3) is 7.31. The molecule has 0 spiro atoms. The summed E-state index contributed by atoms with van der Waals surface area (Å²) in [6, 6.07) is 13.3. The van der Waals surface area contributed by atoms with Crippen molar-refractivity contribution in [3.63, 3.8) is 0 Å². The summed E-state index contributed by atoms with van der Waals surface area (Å²) in [6.45, 7) is 2.30. The summed E-state index contributed by atoms with van der Waals surface area (Å²) >= 11 is 1.22. The van der Waals surface area contributed by atoms with E-state index in [2.05, 4.69) is 31.5 Å². The fraction of sp³-hybridized carbons (Fsp3) is 0.238. The number of nitrogens with zero attached hydrogens (tertiary/aromatic N) is 4. The molecule has 3 rings (SSSR count). The summed E-state index contributed by atoms with van der Waals surface area (Å²) in [5.74, 6) is -0.0350. The van der Waals surface area contributed by atoms with Crippen molar-refractivity contribution in [2.24, 2.45) is 7.05 Å². The van der Waals surface area contributed by atoms with E-state index < -0.39 is 0 Å². The van der Waals surface area contributed by atoms with Gasteiger partial charge in [-0.3, -0.25) is 14.4 Å². The number of aryl methyl sites for hydroxylation is 1. The highest BCUT2D eigenvalue weighted by molar-refractivity contribution is 7.99. The number of carbonyl (C=O) groups is 3. The molecule has 12 heteroatoms. The summed E-state index contributed by atoms with van der Waals surface area (Å²) in [5.41, 5.74) is 1.59. The van der Waals surface area contributed by atoms with Crippen LogP contribution in [0.25, 0.3) is 0 Å². The van der Waals surface area contributed by atoms with Crippen LogP contribution in [0.4, 0.5) is 11.4 Å². The fourth-order valence-electron chi connectivity index (χ4n) is 2.61. The molecule has 1 heterocycles. The molecule has 0 unspecified atom stereocenters. The number of thioether (sulfide) groups is 1. The predicted molar refractivity (Wildman–Crippen MR) is 123 cm³/mol. The Bertz CT molecular complexity index is 1100. The highest BCUT2D eigenvalue weighted by Crippen LogP contribution is 2.18. The number of carbonyl (C=O) groups excluding carboxylic acids is 3. The Labute approximate surface area is 194 Å². The molecule has 0 saturated heterocycles. The fourth-order valence-corrected chi connectivity index (χ4v) is 3.26. The van der Waals surface area contributed by atoms with E-state index in [1.807, 2.05) is 6.92 Å². The number of ether oxygens (including phenoxy) is 1. The molecule has 0 aliphatic rings. The summed E-state index contributed by atoms with van der Waals surface area (Å²) in [7, 11) is 1.70. The minimum Gasteiger partial charge on any atom is -0.484 e. The quantitative estimate of drug-likeness (QED) is 0.381. The number of tetrazole rings is 1. The number of benzene rings is 2. The Morgan fingerprint density at radius 2 is 1.64 bits per heavy atom. The van der Waals surface area contributed by atoms with Gasteiger partial charge >= 0.3 is 0 Å². The van der Waals surface area contributed by atoms with E-state index in [1.165, 1.54) is 16.4 Å². The Hall–Kier alpha value is -3.93. The molecule has 0 atom stereocenters. The van der Waals surface area contributed by atoms with Crippen LogP contribution in [0.1, 0.15) is 17.3 Å². The van der Waals surface area contributed by atoms with Gasteiger partial charge in [0.15, 0.2) is 6.61 Å². The van der Waals surface area contributed by atoms with E-state index in [0.717, 1.165) is 0 Å². The van der Waals surface area contributed by atoms with Gasteiger partial charge < -0.3 is 20.7 Å². The van der Waals surface area contributed by atoms with Crippen molar-refractivity contribution in [1.29, 1.82) is 0 Å². The highest BCUT2D eigenvalue weighted by Gasteiger charge is 2.10. The topological polar surface area (TPSA) is 140 Å². The summed E-state index contributed by atoms with van der Waals surface area (Å²) in [5, 5.41) is 19.8. The van der Waals surface area contributed by atoms with Gasteiger partial charge in [-0.05, 0) is 65.9 Å². The third-order valence-corrected chi connectivity index (χ3v) is 5.21. The van der Waals surface area contributed by atoms with E-state index in [4.69, 9.17) is 4.74 Å². The monoisotopic (exact) mass is 469 g/mol. The van der Waals surface area contributed by atoms with Crippen molar-refractivity contribution in [2.45, 2.75) is 12.1 Å². The van der Waals surface area contributed by atoms with Gasteiger partial charge in [0, 0.05) is 30.5 Å². The molecule has 0 aliphatic heterocycles. The standard InChI is InChI=1S/C21H23N7O4S/c1-3-22-18(29)12-32-17-10-8-16(9-11-17)24-20(31)14-4-6-15(7-5-14)23-19(30)13-33-21-25-26-27-28(21)2/h4-11H,3,12-13H2,1-2H3,(H,22,29)(H,23,30)(H,24,31). The molecule has 0 radical (unpaired) electrons. The van der Waals surface area contributed by atoms with Gasteiger partial charge in [0.25, 0.3) is 11.8 Å². The Morgan fingerprint density at radius 1 is 0.970 bits per heavy atom. The van der Waals surface area contributed by atoms with Crippen molar-refractivity contribution in [1.82, 2.24) is 25.5 Å². The van der Waals surface area contributed by atoms with Crippen molar-refractivity contribution in [3.8, 4) is 5.75 Å². The number of amides is 3. The van der Waals surface area contributed by atoms with Crippen LogP contribution in [0.2, 0.25) is 0 Å². The largest absolute Gasteiger partial charge is 0.484 e. The number of aromatic nitrogens is 4. The molecular formula is C21H23N7O4S. The second-order valence-electron chi connectivity index (χ2n) is 6.72. The maximum Gasteiger partial charge on any atom is 0.257 e. The highest BCUT2D eigenvalue weighted by atomic mass is 32.2. The van der Waals surface area contributed by atoms with Gasteiger partial charge in [0.2, 0.25) is 11.1 Å². The van der Waals surface area contributed by atoms with Crippen LogP contribution >= 0.6 is 11.8 Å². The summed E-state index contributed by atoms with van der Waals surface area (Å²) in [6.07, 6.45) is 0. The number of anilines is 2. The average Bonchev–Trinajstić information content (AvgIpc) is 3.22. The third-order valence-electron chi connectivity index (χ3n) is 4.20. The van der Waals surface area contributed by atoms with Crippen LogP contribution in [0, 0.1) is 0 Å². The van der Waals surface area contributed by atoms with Gasteiger partial charge in [-0.25, -0.2) is 4.68 Å². The zero-order valence-corrected chi connectivity index (χ0v) is 18.9. The molecule has 3 aromatic rings. The molecule has 1 aromatic heterocycles. The molecule has 3 amide bonds. The molecule has 0 aliphatic carbocycles. The van der Waals surface area contributed by atoms with Gasteiger partial charge in [-0.1, -0.05) is 11.8 Å². The lowest BCUT2D eigenvalue weighted by atomic mass is 10.2. The first kappa shape index (κ1) is 23.7. The summed E-state index contributed by atoms with van der Waals surface area (Å²) in [4.78, 5) is 36.0.